The van der Waals surface area contributed by atoms with Crippen LogP contribution in [0.2, 0.25) is 0 Å². The van der Waals surface area contributed by atoms with Crippen LogP contribution in [0.1, 0.15) is 0 Å². The molecule has 0 unspecified atom stereocenters. The van der Waals surface area contributed by atoms with Gasteiger partial charge in [0.1, 0.15) is 0 Å². The molecule has 22 heavy (non-hydrogen) atoms. The molecule has 0 atom stereocenters. The number of aromatic nitrogens is 3. The van der Waals surface area contributed by atoms with E-state index >= 15 is 0 Å². The lowest BCUT2D eigenvalue weighted by Crippen LogP contribution is -1.86. The van der Waals surface area contributed by atoms with Crippen LogP contribution in [0, 0.1) is 0 Å². The predicted octanol–water partition coefficient (Wildman–Crippen LogP) is 4.36. The molecule has 0 radical (unpaired) electrons. The molecular formula is C19H13N3. The van der Waals surface area contributed by atoms with Crippen molar-refractivity contribution in [1.29, 1.82) is 0 Å². The molecule has 0 bridgehead atoms. The van der Waals surface area contributed by atoms with E-state index in [0.717, 1.165) is 33.2 Å². The lowest BCUT2D eigenvalue weighted by atomic mass is 9.98. The molecule has 0 aliphatic heterocycles. The van der Waals surface area contributed by atoms with E-state index < -0.39 is 0 Å². The number of hydrogen-bond acceptors (Lipinski definition) is 3. The van der Waals surface area contributed by atoms with Gasteiger partial charge in [-0.3, -0.25) is 15.0 Å². The van der Waals surface area contributed by atoms with Gasteiger partial charge in [0, 0.05) is 41.9 Å². The van der Waals surface area contributed by atoms with E-state index in [9.17, 15) is 0 Å². The molecule has 0 fully saturated rings. The fourth-order valence-electron chi connectivity index (χ4n) is 2.64. The van der Waals surface area contributed by atoms with Gasteiger partial charge in [0.2, 0.25) is 0 Å². The molecule has 0 saturated carbocycles. The van der Waals surface area contributed by atoms with Gasteiger partial charge in [0.25, 0.3) is 0 Å². The van der Waals surface area contributed by atoms with E-state index in [1.807, 2.05) is 49.1 Å². The van der Waals surface area contributed by atoms with Crippen molar-refractivity contribution < 1.29 is 0 Å². The maximum absolute atomic E-state index is 4.47. The molecule has 3 nitrogen and oxygen atoms in total. The Balaban J connectivity index is 1.95. The molecule has 0 amide bonds. The number of benzene rings is 1. The molecule has 4 rings (SSSR count). The minimum atomic E-state index is 0.988. The molecule has 0 aliphatic rings. The Hall–Kier alpha value is -3.07. The van der Waals surface area contributed by atoms with E-state index in [1.165, 1.54) is 0 Å². The average Bonchev–Trinajstić information content (AvgIpc) is 2.62. The molecule has 4 aromatic rings. The average molecular weight is 283 g/mol. The van der Waals surface area contributed by atoms with Gasteiger partial charge in [-0.2, -0.15) is 0 Å². The highest BCUT2D eigenvalue weighted by molar-refractivity contribution is 5.96. The highest BCUT2D eigenvalue weighted by Gasteiger charge is 2.06. The largest absolute Gasteiger partial charge is 0.265 e. The summed E-state index contributed by atoms with van der Waals surface area (Å²) in [5.41, 5.74) is 5.55. The molecule has 0 spiro atoms. The lowest BCUT2D eigenvalue weighted by molar-refractivity contribution is 1.32. The SMILES string of the molecule is c1cncc(-c2ccc3nccc(-c4ccncc4)c3c2)c1. The minimum absolute atomic E-state index is 0.988. The molecular weight excluding hydrogens is 270 g/mol. The maximum Gasteiger partial charge on any atom is 0.0708 e. The first-order valence-electron chi connectivity index (χ1n) is 7.11. The van der Waals surface area contributed by atoms with Gasteiger partial charge < -0.3 is 0 Å². The summed E-state index contributed by atoms with van der Waals surface area (Å²) >= 11 is 0. The van der Waals surface area contributed by atoms with Crippen LogP contribution >= 0.6 is 0 Å². The zero-order valence-corrected chi connectivity index (χ0v) is 11.8. The number of hydrogen-bond donors (Lipinski definition) is 0. The summed E-state index contributed by atoms with van der Waals surface area (Å²) in [7, 11) is 0. The van der Waals surface area contributed by atoms with Crippen molar-refractivity contribution in [3.05, 3.63) is 79.5 Å². The van der Waals surface area contributed by atoms with E-state index in [-0.39, 0.29) is 0 Å². The number of nitrogens with zero attached hydrogens (tertiary/aromatic N) is 3. The van der Waals surface area contributed by atoms with Crippen molar-refractivity contribution in [2.24, 2.45) is 0 Å². The predicted molar refractivity (Wildman–Crippen MR) is 88.2 cm³/mol. The second kappa shape index (κ2) is 5.37. The van der Waals surface area contributed by atoms with Crippen LogP contribution in [-0.2, 0) is 0 Å². The van der Waals surface area contributed by atoms with Crippen molar-refractivity contribution in [2.45, 2.75) is 0 Å². The highest BCUT2D eigenvalue weighted by atomic mass is 14.6. The first-order chi connectivity index (χ1) is 10.9. The second-order valence-electron chi connectivity index (χ2n) is 5.07. The monoisotopic (exact) mass is 283 g/mol. The van der Waals surface area contributed by atoms with Crippen molar-refractivity contribution in [1.82, 2.24) is 15.0 Å². The summed E-state index contributed by atoms with van der Waals surface area (Å²) < 4.78 is 0. The van der Waals surface area contributed by atoms with Crippen LogP contribution in [0.25, 0.3) is 33.2 Å². The molecule has 3 heterocycles. The first-order valence-corrected chi connectivity index (χ1v) is 7.11. The Morgan fingerprint density at radius 3 is 2.36 bits per heavy atom. The first kappa shape index (κ1) is 12.7. The van der Waals surface area contributed by atoms with Crippen LogP contribution < -0.4 is 0 Å². The highest BCUT2D eigenvalue weighted by Crippen LogP contribution is 2.30. The van der Waals surface area contributed by atoms with Gasteiger partial charge in [-0.15, -0.1) is 0 Å². The third kappa shape index (κ3) is 2.23. The van der Waals surface area contributed by atoms with Crippen molar-refractivity contribution in [3.63, 3.8) is 0 Å². The van der Waals surface area contributed by atoms with E-state index in [4.69, 9.17) is 0 Å². The minimum Gasteiger partial charge on any atom is -0.265 e. The zero-order valence-electron chi connectivity index (χ0n) is 11.8. The standard InChI is InChI=1S/C19H13N3/c1-2-16(13-21-8-1)15-3-4-19-18(12-15)17(7-11-22-19)14-5-9-20-10-6-14/h1-13H. The van der Waals surface area contributed by atoms with Crippen LogP contribution in [-0.4, -0.2) is 15.0 Å². The van der Waals surface area contributed by atoms with Gasteiger partial charge in [-0.25, -0.2) is 0 Å². The van der Waals surface area contributed by atoms with Gasteiger partial charge in [0.15, 0.2) is 0 Å². The number of pyridine rings is 3. The Kier molecular flexibility index (Phi) is 3.09. The Bertz CT molecular complexity index is 919. The molecule has 104 valence electrons. The Morgan fingerprint density at radius 2 is 1.55 bits per heavy atom. The van der Waals surface area contributed by atoms with E-state index in [0.29, 0.717) is 0 Å². The number of rotatable bonds is 2. The fourth-order valence-corrected chi connectivity index (χ4v) is 2.64. The third-order valence-electron chi connectivity index (χ3n) is 3.73. The topological polar surface area (TPSA) is 38.7 Å². The van der Waals surface area contributed by atoms with Crippen LogP contribution in [0.4, 0.5) is 0 Å². The molecule has 3 aromatic heterocycles. The summed E-state index contributed by atoms with van der Waals surface area (Å²) in [6, 6.07) is 16.4. The summed E-state index contributed by atoms with van der Waals surface area (Å²) in [4.78, 5) is 12.8. The van der Waals surface area contributed by atoms with Crippen molar-refractivity contribution >= 4 is 10.9 Å². The van der Waals surface area contributed by atoms with Crippen molar-refractivity contribution in [2.75, 3.05) is 0 Å². The smallest absolute Gasteiger partial charge is 0.0708 e. The van der Waals surface area contributed by atoms with Gasteiger partial charge in [0.05, 0.1) is 5.52 Å². The Morgan fingerprint density at radius 1 is 0.636 bits per heavy atom. The lowest BCUT2D eigenvalue weighted by Gasteiger charge is -2.08. The summed E-state index contributed by atoms with van der Waals surface area (Å²) in [6.45, 7) is 0. The van der Waals surface area contributed by atoms with Gasteiger partial charge in [-0.05, 0) is 53.1 Å². The van der Waals surface area contributed by atoms with Crippen molar-refractivity contribution in [3.8, 4) is 22.3 Å². The van der Waals surface area contributed by atoms with Crippen LogP contribution in [0.3, 0.4) is 0 Å². The Labute approximate surface area is 128 Å². The van der Waals surface area contributed by atoms with E-state index in [1.54, 1.807) is 6.20 Å². The van der Waals surface area contributed by atoms with E-state index in [2.05, 4.69) is 39.2 Å². The molecule has 0 aliphatic carbocycles. The third-order valence-corrected chi connectivity index (χ3v) is 3.73. The van der Waals surface area contributed by atoms with Gasteiger partial charge >= 0.3 is 0 Å². The summed E-state index contributed by atoms with van der Waals surface area (Å²) in [6.07, 6.45) is 9.14. The van der Waals surface area contributed by atoms with Crippen LogP contribution in [0.15, 0.2) is 79.5 Å². The molecule has 0 saturated heterocycles. The second-order valence-corrected chi connectivity index (χ2v) is 5.07. The molecule has 0 N–H and O–H groups in total. The quantitative estimate of drug-likeness (QED) is 0.548. The normalized spacial score (nSPS) is 10.7. The molecule has 3 heteroatoms. The number of fused-ring (bicyclic) bond motifs is 1. The summed E-state index contributed by atoms with van der Waals surface area (Å²) in [5.74, 6) is 0. The maximum atomic E-state index is 4.47. The zero-order chi connectivity index (χ0) is 14.8. The van der Waals surface area contributed by atoms with Gasteiger partial charge in [-0.1, -0.05) is 12.1 Å². The molecule has 1 aromatic carbocycles. The summed E-state index contributed by atoms with van der Waals surface area (Å²) in [5, 5.41) is 1.13. The van der Waals surface area contributed by atoms with Crippen LogP contribution in [0.5, 0.6) is 0 Å². The fraction of sp³-hybridized carbons (Fsp3) is 0.